The Balaban J connectivity index is 1.89. The molecule has 86 valence electrons. The molecule has 0 unspecified atom stereocenters. The van der Waals surface area contributed by atoms with E-state index in [2.05, 4.69) is 15.2 Å². The van der Waals surface area contributed by atoms with Crippen molar-refractivity contribution in [2.75, 3.05) is 25.1 Å². The van der Waals surface area contributed by atoms with Gasteiger partial charge >= 0.3 is 0 Å². The number of aromatic nitrogens is 1. The standard InChI is InChI=1S/C11H14ClN3O/c1-16-10-3-9(5-14-11(10)12)15-6-7-2-8(15)4-13-7/h3,5,7-8,13H,2,4,6H2,1H3/t7-,8-/m0/s1. The Bertz CT molecular complexity index is 412. The molecule has 2 bridgehead atoms. The van der Waals surface area contributed by atoms with Gasteiger partial charge in [-0.15, -0.1) is 0 Å². The van der Waals surface area contributed by atoms with Gasteiger partial charge in [-0.1, -0.05) is 11.6 Å². The van der Waals surface area contributed by atoms with Crippen molar-refractivity contribution in [3.63, 3.8) is 0 Å². The summed E-state index contributed by atoms with van der Waals surface area (Å²) < 4.78 is 5.19. The van der Waals surface area contributed by atoms with Crippen LogP contribution in [-0.4, -0.2) is 37.3 Å². The highest BCUT2D eigenvalue weighted by atomic mass is 35.5. The first kappa shape index (κ1) is 10.2. The molecule has 1 aromatic heterocycles. The Hall–Kier alpha value is -1.00. The van der Waals surface area contributed by atoms with E-state index in [4.69, 9.17) is 16.3 Å². The average molecular weight is 240 g/mol. The van der Waals surface area contributed by atoms with Crippen molar-refractivity contribution in [2.24, 2.45) is 0 Å². The number of halogens is 1. The van der Waals surface area contributed by atoms with Crippen LogP contribution < -0.4 is 15.0 Å². The summed E-state index contributed by atoms with van der Waals surface area (Å²) in [6.07, 6.45) is 3.05. The molecule has 0 aliphatic carbocycles. The van der Waals surface area contributed by atoms with Gasteiger partial charge in [-0.25, -0.2) is 4.98 Å². The minimum atomic E-state index is 0.425. The quantitative estimate of drug-likeness (QED) is 0.790. The number of fused-ring (bicyclic) bond motifs is 2. The number of hydrogen-bond acceptors (Lipinski definition) is 4. The summed E-state index contributed by atoms with van der Waals surface area (Å²) in [5.74, 6) is 0.648. The summed E-state index contributed by atoms with van der Waals surface area (Å²) in [6.45, 7) is 2.12. The Morgan fingerprint density at radius 3 is 3.12 bits per heavy atom. The summed E-state index contributed by atoms with van der Waals surface area (Å²) in [5, 5.41) is 3.90. The molecule has 0 aromatic carbocycles. The highest BCUT2D eigenvalue weighted by Gasteiger charge is 2.37. The molecule has 2 atom stereocenters. The first-order chi connectivity index (χ1) is 7.78. The van der Waals surface area contributed by atoms with Crippen LogP contribution in [0.3, 0.4) is 0 Å². The maximum atomic E-state index is 5.92. The molecule has 2 saturated heterocycles. The summed E-state index contributed by atoms with van der Waals surface area (Å²) in [5.41, 5.74) is 1.11. The SMILES string of the molecule is COc1cc(N2C[C@@H]3C[C@H]2CN3)cnc1Cl. The lowest BCUT2D eigenvalue weighted by molar-refractivity contribution is 0.413. The van der Waals surface area contributed by atoms with Crippen molar-refractivity contribution < 1.29 is 4.74 Å². The van der Waals surface area contributed by atoms with Crippen molar-refractivity contribution in [3.05, 3.63) is 17.4 Å². The van der Waals surface area contributed by atoms with Crippen LogP contribution in [0, 0.1) is 0 Å². The van der Waals surface area contributed by atoms with E-state index in [-0.39, 0.29) is 0 Å². The number of ether oxygens (including phenoxy) is 1. The molecule has 0 radical (unpaired) electrons. The second-order valence-electron chi connectivity index (χ2n) is 4.33. The predicted molar refractivity (Wildman–Crippen MR) is 63.3 cm³/mol. The fourth-order valence-corrected chi connectivity index (χ4v) is 2.78. The fourth-order valence-electron chi connectivity index (χ4n) is 2.59. The Labute approximate surface area is 99.6 Å². The van der Waals surface area contributed by atoms with E-state index in [1.54, 1.807) is 7.11 Å². The van der Waals surface area contributed by atoms with Gasteiger partial charge in [0.15, 0.2) is 10.9 Å². The lowest BCUT2D eigenvalue weighted by Gasteiger charge is -2.29. The van der Waals surface area contributed by atoms with Crippen LogP contribution in [0.5, 0.6) is 5.75 Å². The predicted octanol–water partition coefficient (Wildman–Crippen LogP) is 1.29. The molecule has 2 aliphatic heterocycles. The summed E-state index contributed by atoms with van der Waals surface area (Å²) in [4.78, 5) is 6.54. The number of anilines is 1. The highest BCUT2D eigenvalue weighted by Crippen LogP contribution is 2.33. The number of rotatable bonds is 2. The minimum Gasteiger partial charge on any atom is -0.493 e. The van der Waals surface area contributed by atoms with Gasteiger partial charge in [0, 0.05) is 31.2 Å². The van der Waals surface area contributed by atoms with Crippen LogP contribution in [0.4, 0.5) is 5.69 Å². The number of hydrogen-bond donors (Lipinski definition) is 1. The van der Waals surface area contributed by atoms with Crippen LogP contribution in [-0.2, 0) is 0 Å². The third-order valence-electron chi connectivity index (χ3n) is 3.40. The maximum Gasteiger partial charge on any atom is 0.171 e. The molecule has 4 nitrogen and oxygen atoms in total. The van der Waals surface area contributed by atoms with Crippen LogP contribution in [0.25, 0.3) is 0 Å². The average Bonchev–Trinajstić information content (AvgIpc) is 2.91. The van der Waals surface area contributed by atoms with Crippen molar-refractivity contribution in [1.82, 2.24) is 10.3 Å². The Morgan fingerprint density at radius 1 is 1.62 bits per heavy atom. The minimum absolute atomic E-state index is 0.425. The molecule has 0 amide bonds. The van der Waals surface area contributed by atoms with Gasteiger partial charge in [0.25, 0.3) is 0 Å². The van der Waals surface area contributed by atoms with E-state index < -0.39 is 0 Å². The lowest BCUT2D eigenvalue weighted by Crippen LogP contribution is -2.43. The molecule has 2 fully saturated rings. The smallest absolute Gasteiger partial charge is 0.171 e. The van der Waals surface area contributed by atoms with E-state index in [0.717, 1.165) is 18.8 Å². The molecule has 3 rings (SSSR count). The number of piperazine rings is 1. The number of methoxy groups -OCH3 is 1. The molecule has 3 heterocycles. The normalized spacial score (nSPS) is 27.5. The molecule has 16 heavy (non-hydrogen) atoms. The van der Waals surface area contributed by atoms with Crippen LogP contribution >= 0.6 is 11.6 Å². The molecule has 1 N–H and O–H groups in total. The van der Waals surface area contributed by atoms with Gasteiger partial charge in [-0.05, 0) is 6.42 Å². The van der Waals surface area contributed by atoms with Crippen molar-refractivity contribution >= 4 is 17.3 Å². The first-order valence-corrected chi connectivity index (χ1v) is 5.85. The first-order valence-electron chi connectivity index (χ1n) is 5.47. The van der Waals surface area contributed by atoms with E-state index >= 15 is 0 Å². The summed E-state index contributed by atoms with van der Waals surface area (Å²) in [7, 11) is 1.62. The fraction of sp³-hybridized carbons (Fsp3) is 0.545. The molecule has 0 spiro atoms. The molecule has 5 heteroatoms. The van der Waals surface area contributed by atoms with E-state index in [1.165, 1.54) is 6.42 Å². The van der Waals surface area contributed by atoms with Crippen molar-refractivity contribution in [1.29, 1.82) is 0 Å². The maximum absolute atomic E-state index is 5.92. The van der Waals surface area contributed by atoms with Gasteiger partial charge in [0.1, 0.15) is 0 Å². The monoisotopic (exact) mass is 239 g/mol. The van der Waals surface area contributed by atoms with E-state index in [9.17, 15) is 0 Å². The molecule has 0 saturated carbocycles. The summed E-state index contributed by atoms with van der Waals surface area (Å²) in [6, 6.07) is 3.19. The zero-order chi connectivity index (χ0) is 11.1. The largest absolute Gasteiger partial charge is 0.493 e. The van der Waals surface area contributed by atoms with Gasteiger partial charge < -0.3 is 15.0 Å². The number of nitrogens with one attached hydrogen (secondary N) is 1. The molecular formula is C11H14ClN3O. The van der Waals surface area contributed by atoms with Crippen molar-refractivity contribution in [2.45, 2.75) is 18.5 Å². The third kappa shape index (κ3) is 1.53. The second kappa shape index (κ2) is 3.79. The molecule has 1 aromatic rings. The number of nitrogens with zero attached hydrogens (tertiary/aromatic N) is 2. The Morgan fingerprint density at radius 2 is 2.50 bits per heavy atom. The lowest BCUT2D eigenvalue weighted by atomic mass is 10.2. The van der Waals surface area contributed by atoms with Crippen LogP contribution in [0.15, 0.2) is 12.3 Å². The van der Waals surface area contributed by atoms with E-state index in [1.807, 2.05) is 12.3 Å². The number of pyridine rings is 1. The topological polar surface area (TPSA) is 37.4 Å². The summed E-state index contributed by atoms with van der Waals surface area (Å²) >= 11 is 5.92. The van der Waals surface area contributed by atoms with Gasteiger partial charge in [-0.3, -0.25) is 0 Å². The molecular weight excluding hydrogens is 226 g/mol. The van der Waals surface area contributed by atoms with Gasteiger partial charge in [-0.2, -0.15) is 0 Å². The van der Waals surface area contributed by atoms with Gasteiger partial charge in [0.05, 0.1) is 19.0 Å². The van der Waals surface area contributed by atoms with Crippen LogP contribution in [0.2, 0.25) is 5.15 Å². The van der Waals surface area contributed by atoms with E-state index in [0.29, 0.717) is 23.0 Å². The molecule has 2 aliphatic rings. The van der Waals surface area contributed by atoms with Crippen molar-refractivity contribution in [3.8, 4) is 5.75 Å². The zero-order valence-corrected chi connectivity index (χ0v) is 9.87. The Kier molecular flexibility index (Phi) is 2.41. The second-order valence-corrected chi connectivity index (χ2v) is 4.69. The van der Waals surface area contributed by atoms with Crippen LogP contribution in [0.1, 0.15) is 6.42 Å². The highest BCUT2D eigenvalue weighted by molar-refractivity contribution is 6.30. The third-order valence-corrected chi connectivity index (χ3v) is 3.68. The zero-order valence-electron chi connectivity index (χ0n) is 9.11. The van der Waals surface area contributed by atoms with Gasteiger partial charge in [0.2, 0.25) is 0 Å².